The molecule has 0 fully saturated rings. The van der Waals surface area contributed by atoms with Gasteiger partial charge < -0.3 is 10.5 Å². The van der Waals surface area contributed by atoms with E-state index in [0.29, 0.717) is 12.2 Å². The van der Waals surface area contributed by atoms with Gasteiger partial charge in [-0.2, -0.15) is 0 Å². The van der Waals surface area contributed by atoms with Crippen LogP contribution in [-0.4, -0.2) is 18.7 Å². The lowest BCUT2D eigenvalue weighted by molar-refractivity contribution is 0.100. The first-order valence-corrected chi connectivity index (χ1v) is 8.72. The maximum absolute atomic E-state index is 11.9. The van der Waals surface area contributed by atoms with Crippen LogP contribution in [-0.2, 0) is 12.8 Å². The van der Waals surface area contributed by atoms with Crippen LogP contribution in [0, 0.1) is 0 Å². The van der Waals surface area contributed by atoms with Gasteiger partial charge in [0.05, 0.1) is 12.2 Å². The van der Waals surface area contributed by atoms with Crippen LogP contribution in [0.25, 0.3) is 0 Å². The second-order valence-corrected chi connectivity index (χ2v) is 6.57. The zero-order chi connectivity index (χ0) is 16.2. The average molecular weight is 328 g/mol. The third kappa shape index (κ3) is 3.29. The Morgan fingerprint density at radius 1 is 1.35 bits per heavy atom. The number of primary amides is 1. The van der Waals surface area contributed by atoms with E-state index in [1.807, 2.05) is 31.2 Å². The third-order valence-electron chi connectivity index (χ3n) is 3.94. The van der Waals surface area contributed by atoms with Gasteiger partial charge in [-0.25, -0.2) is 4.99 Å². The molecule has 1 aromatic carbocycles. The number of para-hydroxylation sites is 1. The number of aryl methyl sites for hydroxylation is 1. The first-order valence-electron chi connectivity index (χ1n) is 7.91. The molecule has 0 unspecified atom stereocenters. The molecule has 2 aromatic rings. The molecule has 120 valence electrons. The summed E-state index contributed by atoms with van der Waals surface area (Å²) in [6, 6.07) is 7.74. The molecule has 1 amide bonds. The number of hydrogen-bond acceptors (Lipinski definition) is 4. The highest BCUT2D eigenvalue weighted by Gasteiger charge is 2.23. The normalized spacial score (nSPS) is 14.0. The van der Waals surface area contributed by atoms with Crippen LogP contribution in [0.1, 0.15) is 46.1 Å². The Morgan fingerprint density at radius 3 is 2.91 bits per heavy atom. The highest BCUT2D eigenvalue weighted by atomic mass is 32.1. The van der Waals surface area contributed by atoms with Gasteiger partial charge in [0.1, 0.15) is 10.8 Å². The third-order valence-corrected chi connectivity index (χ3v) is 5.14. The standard InChI is InChI=1S/C18H20N2O2S/c1-2-22-14-9-5-3-7-12(14)11-20-18-16(17(19)21)13-8-4-6-10-15(13)23-18/h3,5,7,9,11H,2,4,6,8,10H2,1H3,(H2,19,21)/b20-11+. The Balaban J connectivity index is 1.97. The molecule has 0 bridgehead atoms. The second-order valence-electron chi connectivity index (χ2n) is 5.48. The molecule has 3 rings (SSSR count). The lowest BCUT2D eigenvalue weighted by Crippen LogP contribution is -2.14. The van der Waals surface area contributed by atoms with Gasteiger partial charge in [-0.05, 0) is 50.3 Å². The minimum atomic E-state index is -0.380. The van der Waals surface area contributed by atoms with E-state index in [0.717, 1.165) is 41.1 Å². The number of nitrogens with two attached hydrogens (primary N) is 1. The molecule has 23 heavy (non-hydrogen) atoms. The van der Waals surface area contributed by atoms with Crippen LogP contribution in [0.15, 0.2) is 29.3 Å². The molecule has 0 spiro atoms. The van der Waals surface area contributed by atoms with Gasteiger partial charge in [-0.15, -0.1) is 11.3 Å². The van der Waals surface area contributed by atoms with Crippen molar-refractivity contribution in [3.63, 3.8) is 0 Å². The van der Waals surface area contributed by atoms with Crippen LogP contribution < -0.4 is 10.5 Å². The van der Waals surface area contributed by atoms with Crippen molar-refractivity contribution in [3.8, 4) is 5.75 Å². The molecule has 0 radical (unpaired) electrons. The van der Waals surface area contributed by atoms with Gasteiger partial charge >= 0.3 is 0 Å². The Bertz CT molecular complexity index is 749. The molecule has 4 nitrogen and oxygen atoms in total. The van der Waals surface area contributed by atoms with Crippen molar-refractivity contribution >= 4 is 28.5 Å². The smallest absolute Gasteiger partial charge is 0.252 e. The minimum Gasteiger partial charge on any atom is -0.493 e. The fraction of sp³-hybridized carbons (Fsp3) is 0.333. The number of ether oxygens (including phenoxy) is 1. The molecule has 1 aromatic heterocycles. The Labute approximate surface area is 140 Å². The van der Waals surface area contributed by atoms with Crippen molar-refractivity contribution in [1.82, 2.24) is 0 Å². The van der Waals surface area contributed by atoms with E-state index in [1.165, 1.54) is 11.3 Å². The van der Waals surface area contributed by atoms with Crippen LogP contribution >= 0.6 is 11.3 Å². The van der Waals surface area contributed by atoms with Gasteiger partial charge in [-0.1, -0.05) is 12.1 Å². The molecule has 1 heterocycles. The van der Waals surface area contributed by atoms with Crippen molar-refractivity contribution in [2.45, 2.75) is 32.6 Å². The SMILES string of the molecule is CCOc1ccccc1/C=N/c1sc2c(c1C(N)=O)CCCC2. The summed E-state index contributed by atoms with van der Waals surface area (Å²) in [5, 5.41) is 0.718. The summed E-state index contributed by atoms with van der Waals surface area (Å²) in [5.41, 5.74) is 8.21. The van der Waals surface area contributed by atoms with E-state index in [-0.39, 0.29) is 5.91 Å². The maximum Gasteiger partial charge on any atom is 0.252 e. The second kappa shape index (κ2) is 6.96. The Kier molecular flexibility index (Phi) is 4.76. The van der Waals surface area contributed by atoms with Gasteiger partial charge in [0.2, 0.25) is 0 Å². The number of aliphatic imine (C=N–C) groups is 1. The first-order chi connectivity index (χ1) is 11.2. The van der Waals surface area contributed by atoms with Crippen LogP contribution in [0.4, 0.5) is 5.00 Å². The summed E-state index contributed by atoms with van der Waals surface area (Å²) in [6.07, 6.45) is 5.98. The van der Waals surface area contributed by atoms with Crippen LogP contribution in [0.2, 0.25) is 0 Å². The van der Waals surface area contributed by atoms with E-state index >= 15 is 0 Å². The molecule has 0 atom stereocenters. The number of benzene rings is 1. The van der Waals surface area contributed by atoms with Crippen LogP contribution in [0.3, 0.4) is 0 Å². The molecular weight excluding hydrogens is 308 g/mol. The van der Waals surface area contributed by atoms with Crippen molar-refractivity contribution in [2.24, 2.45) is 10.7 Å². The largest absolute Gasteiger partial charge is 0.493 e. The lowest BCUT2D eigenvalue weighted by atomic mass is 9.95. The number of thiophene rings is 1. The minimum absolute atomic E-state index is 0.380. The fourth-order valence-corrected chi connectivity index (χ4v) is 4.14. The Hall–Kier alpha value is -2.14. The first kappa shape index (κ1) is 15.7. The van der Waals surface area contributed by atoms with E-state index in [1.54, 1.807) is 17.6 Å². The van der Waals surface area contributed by atoms with E-state index in [2.05, 4.69) is 4.99 Å². The van der Waals surface area contributed by atoms with E-state index < -0.39 is 0 Å². The van der Waals surface area contributed by atoms with Crippen molar-refractivity contribution < 1.29 is 9.53 Å². The molecule has 1 aliphatic carbocycles. The van der Waals surface area contributed by atoms with Gasteiger partial charge in [0.25, 0.3) is 5.91 Å². The summed E-state index contributed by atoms with van der Waals surface area (Å²) in [6.45, 7) is 2.55. The van der Waals surface area contributed by atoms with E-state index in [9.17, 15) is 4.79 Å². The Morgan fingerprint density at radius 2 is 2.13 bits per heavy atom. The van der Waals surface area contributed by atoms with Crippen molar-refractivity contribution in [2.75, 3.05) is 6.61 Å². The topological polar surface area (TPSA) is 64.7 Å². The van der Waals surface area contributed by atoms with Gasteiger partial charge in [-0.3, -0.25) is 4.79 Å². The molecular formula is C18H20N2O2S. The number of fused-ring (bicyclic) bond motifs is 1. The molecule has 0 saturated heterocycles. The van der Waals surface area contributed by atoms with Gasteiger partial charge in [0.15, 0.2) is 0 Å². The maximum atomic E-state index is 11.9. The fourth-order valence-electron chi connectivity index (χ4n) is 2.90. The molecule has 0 aliphatic heterocycles. The van der Waals surface area contributed by atoms with Crippen LogP contribution in [0.5, 0.6) is 5.75 Å². The van der Waals surface area contributed by atoms with Crippen molar-refractivity contribution in [3.05, 3.63) is 45.8 Å². The average Bonchev–Trinajstić information content (AvgIpc) is 2.93. The molecule has 0 saturated carbocycles. The molecule has 5 heteroatoms. The number of carbonyl (C=O) groups excluding carboxylic acids is 1. The van der Waals surface area contributed by atoms with Crippen molar-refractivity contribution in [1.29, 1.82) is 0 Å². The number of hydrogen-bond donors (Lipinski definition) is 1. The summed E-state index contributed by atoms with van der Waals surface area (Å²) in [7, 11) is 0. The molecule has 1 aliphatic rings. The number of rotatable bonds is 5. The summed E-state index contributed by atoms with van der Waals surface area (Å²) < 4.78 is 5.60. The summed E-state index contributed by atoms with van der Waals surface area (Å²) in [5.74, 6) is 0.412. The highest BCUT2D eigenvalue weighted by Crippen LogP contribution is 2.39. The van der Waals surface area contributed by atoms with E-state index in [4.69, 9.17) is 10.5 Å². The molecule has 2 N–H and O–H groups in total. The number of nitrogens with zero attached hydrogens (tertiary/aromatic N) is 1. The lowest BCUT2D eigenvalue weighted by Gasteiger charge is -2.10. The number of carbonyl (C=O) groups is 1. The predicted molar refractivity (Wildman–Crippen MR) is 94.3 cm³/mol. The summed E-state index contributed by atoms with van der Waals surface area (Å²) >= 11 is 1.59. The van der Waals surface area contributed by atoms with Gasteiger partial charge in [0, 0.05) is 16.7 Å². The zero-order valence-corrected chi connectivity index (χ0v) is 14.0. The highest BCUT2D eigenvalue weighted by molar-refractivity contribution is 7.16. The number of amides is 1. The summed E-state index contributed by atoms with van der Waals surface area (Å²) in [4.78, 5) is 17.7. The zero-order valence-electron chi connectivity index (χ0n) is 13.2. The predicted octanol–water partition coefficient (Wildman–Crippen LogP) is 3.88. The monoisotopic (exact) mass is 328 g/mol. The quantitative estimate of drug-likeness (QED) is 0.847.